The van der Waals surface area contributed by atoms with Crippen LogP contribution in [-0.4, -0.2) is 64.6 Å². The molecule has 0 unspecified atom stereocenters. The maximum Gasteiger partial charge on any atom is 0.495 e. The summed E-state index contributed by atoms with van der Waals surface area (Å²) >= 11 is 2.30. The molecule has 7 rings (SSSR count). The molecule has 0 radical (unpaired) electrons. The largest absolute Gasteiger partial charge is 0.495 e. The minimum atomic E-state index is -4.34. The third-order valence-corrected chi connectivity index (χ3v) is 11.6. The summed E-state index contributed by atoms with van der Waals surface area (Å²) in [6, 6.07) is 25.5. The number of fused-ring (bicyclic) bond motifs is 2. The molecule has 61 heavy (non-hydrogen) atoms. The lowest BCUT2D eigenvalue weighted by Crippen LogP contribution is -2.44. The van der Waals surface area contributed by atoms with Crippen LogP contribution in [-0.2, 0) is 50.9 Å². The van der Waals surface area contributed by atoms with E-state index < -0.39 is 22.9 Å². The fourth-order valence-electron chi connectivity index (χ4n) is 7.05. The van der Waals surface area contributed by atoms with Gasteiger partial charge in [-0.15, -0.1) is 0 Å². The van der Waals surface area contributed by atoms with Gasteiger partial charge in [-0.3, -0.25) is 0 Å². The van der Waals surface area contributed by atoms with Crippen molar-refractivity contribution in [2.75, 3.05) is 13.1 Å². The second-order valence-corrected chi connectivity index (χ2v) is 19.9. The molecule has 1 fully saturated rings. The van der Waals surface area contributed by atoms with Crippen molar-refractivity contribution in [3.05, 3.63) is 122 Å². The molecule has 0 aromatic heterocycles. The van der Waals surface area contributed by atoms with Gasteiger partial charge in [-0.05, 0) is 175 Å². The van der Waals surface area contributed by atoms with Gasteiger partial charge in [-0.25, -0.2) is 9.59 Å². The Balaban J connectivity index is 0.000000195. The van der Waals surface area contributed by atoms with E-state index in [1.807, 2.05) is 65.8 Å². The average molecular weight is 955 g/mol. The third kappa shape index (κ3) is 12.8. The molecule has 4 aromatic rings. The first-order valence-corrected chi connectivity index (χ1v) is 21.7. The number of hydrogen-bond donors (Lipinski definition) is 0. The molecule has 0 spiro atoms. The van der Waals surface area contributed by atoms with E-state index in [9.17, 15) is 22.8 Å². The molecule has 13 heteroatoms. The smallest absolute Gasteiger partial charge is 0.444 e. The fourth-order valence-corrected chi connectivity index (χ4v) is 7.41. The number of ether oxygens (including phenoxy) is 2. The molecular weight excluding hydrogens is 895 g/mol. The summed E-state index contributed by atoms with van der Waals surface area (Å²) in [7, 11) is -0.372. The summed E-state index contributed by atoms with van der Waals surface area (Å²) in [6.45, 7) is 23.6. The Morgan fingerprint density at radius 2 is 1.13 bits per heavy atom. The fraction of sp³-hybridized carbons (Fsp3) is 0.458. The highest BCUT2D eigenvalue weighted by atomic mass is 127. The number of halogens is 4. The van der Waals surface area contributed by atoms with Crippen LogP contribution in [0, 0.1) is 10.5 Å². The van der Waals surface area contributed by atoms with Crippen LogP contribution in [0.4, 0.5) is 22.8 Å². The van der Waals surface area contributed by atoms with Crippen LogP contribution in [0.3, 0.4) is 0 Å². The van der Waals surface area contributed by atoms with Gasteiger partial charge < -0.3 is 28.6 Å². The van der Waals surface area contributed by atoms with Crippen LogP contribution in [0.1, 0.15) is 103 Å². The molecule has 0 atom stereocenters. The van der Waals surface area contributed by atoms with Crippen LogP contribution in [0.2, 0.25) is 0 Å². The maximum atomic E-state index is 12.8. The van der Waals surface area contributed by atoms with Crippen LogP contribution >= 0.6 is 22.6 Å². The number of amides is 2. The van der Waals surface area contributed by atoms with Crippen molar-refractivity contribution in [3.63, 3.8) is 0 Å². The number of hydrogen-bond acceptors (Lipinski definition) is 6. The van der Waals surface area contributed by atoms with Crippen molar-refractivity contribution in [1.29, 1.82) is 0 Å². The molecule has 3 aliphatic rings. The molecule has 2 amide bonds. The normalized spacial score (nSPS) is 16.9. The summed E-state index contributed by atoms with van der Waals surface area (Å²) in [4.78, 5) is 28.1. The summed E-state index contributed by atoms with van der Waals surface area (Å²) in [6.07, 6.45) is -3.55. The minimum absolute atomic E-state index is 0.260. The van der Waals surface area contributed by atoms with Crippen molar-refractivity contribution in [2.24, 2.45) is 0 Å². The van der Waals surface area contributed by atoms with Crippen molar-refractivity contribution in [3.8, 4) is 11.1 Å². The standard InChI is InChI=1S/C21H22F3NO2.C20H30BNO4.C7H7I/c1-20(2,3)27-19(26)25-12-11-18-15(13-25)5-4-6-17(18)14-7-9-16(10-8-14)21(22,23)24;1-18(2,3)24-17(23)22-12-11-15-14(13-22)9-8-10-16(15)21-25-19(4,5)20(6,7)26-21;1-6-2-4-7(8)5-3-6/h4-10H,11-13H2,1-3H3;8-10H,11-13H2,1-7H3;2-5H,1H3. The topological polar surface area (TPSA) is 77.5 Å². The highest BCUT2D eigenvalue weighted by Gasteiger charge is 2.52. The minimum Gasteiger partial charge on any atom is -0.444 e. The second kappa shape index (κ2) is 18.7. The predicted octanol–water partition coefficient (Wildman–Crippen LogP) is 11.5. The van der Waals surface area contributed by atoms with Crippen molar-refractivity contribution < 1.29 is 41.5 Å². The van der Waals surface area contributed by atoms with Gasteiger partial charge in [0.05, 0.1) is 16.8 Å². The van der Waals surface area contributed by atoms with Gasteiger partial charge in [0, 0.05) is 29.7 Å². The Kier molecular flexibility index (Phi) is 14.7. The Morgan fingerprint density at radius 1 is 0.672 bits per heavy atom. The van der Waals surface area contributed by atoms with Crippen LogP contribution in [0.5, 0.6) is 0 Å². The Morgan fingerprint density at radius 3 is 1.59 bits per heavy atom. The number of nitrogens with zero attached hydrogens (tertiary/aromatic N) is 2. The molecule has 0 aliphatic carbocycles. The van der Waals surface area contributed by atoms with Crippen LogP contribution < -0.4 is 5.46 Å². The van der Waals surface area contributed by atoms with Crippen molar-refractivity contribution >= 4 is 47.4 Å². The summed E-state index contributed by atoms with van der Waals surface area (Å²) in [5, 5.41) is 0. The predicted molar refractivity (Wildman–Crippen MR) is 244 cm³/mol. The molecule has 0 N–H and O–H groups in total. The molecule has 4 aromatic carbocycles. The Hall–Kier alpha value is -4.08. The number of aryl methyl sites for hydroxylation is 1. The number of benzene rings is 4. The lowest BCUT2D eigenvalue weighted by atomic mass is 9.73. The SMILES string of the molecule is CC(C)(C)OC(=O)N1CCc2c(cccc2-c2ccc(C(F)(F)F)cc2)C1.CC(C)(C)OC(=O)N1CCc2c(cccc2B2OC(C)(C)C(C)(C)O2)C1.Cc1ccc(I)cc1. The van der Waals surface area contributed by atoms with Gasteiger partial charge in [0.25, 0.3) is 0 Å². The van der Waals surface area contributed by atoms with Crippen molar-refractivity contribution in [1.82, 2.24) is 9.80 Å². The number of rotatable bonds is 2. The van der Waals surface area contributed by atoms with E-state index in [4.69, 9.17) is 18.8 Å². The van der Waals surface area contributed by atoms with Crippen LogP contribution in [0.25, 0.3) is 11.1 Å². The molecule has 3 aliphatic heterocycles. The summed E-state index contributed by atoms with van der Waals surface area (Å²) in [5.41, 5.74) is 6.04. The second-order valence-electron chi connectivity index (χ2n) is 18.7. The molecule has 8 nitrogen and oxygen atoms in total. The lowest BCUT2D eigenvalue weighted by molar-refractivity contribution is -0.137. The molecule has 3 heterocycles. The van der Waals surface area contributed by atoms with Gasteiger partial charge >= 0.3 is 25.5 Å². The molecule has 0 saturated carbocycles. The van der Waals surface area contributed by atoms with Gasteiger partial charge in [-0.1, -0.05) is 66.2 Å². The van der Waals surface area contributed by atoms with E-state index >= 15 is 0 Å². The van der Waals surface area contributed by atoms with Gasteiger partial charge in [0.2, 0.25) is 0 Å². The quantitative estimate of drug-likeness (QED) is 0.147. The first-order chi connectivity index (χ1) is 28.2. The van der Waals surface area contributed by atoms with E-state index in [-0.39, 0.29) is 30.5 Å². The van der Waals surface area contributed by atoms with Crippen LogP contribution in [0.15, 0.2) is 84.9 Å². The Bertz CT molecular complexity index is 2130. The first kappa shape index (κ1) is 48.0. The van der Waals surface area contributed by atoms with Gasteiger partial charge in [0.15, 0.2) is 0 Å². The third-order valence-electron chi connectivity index (χ3n) is 10.9. The number of alkyl halides is 3. The summed E-state index contributed by atoms with van der Waals surface area (Å²) < 4.78 is 63.1. The Labute approximate surface area is 373 Å². The van der Waals surface area contributed by atoms with E-state index in [1.54, 1.807) is 9.80 Å². The zero-order valence-electron chi connectivity index (χ0n) is 37.3. The van der Waals surface area contributed by atoms with Crippen molar-refractivity contribution in [2.45, 2.75) is 131 Å². The van der Waals surface area contributed by atoms with E-state index in [0.29, 0.717) is 32.6 Å². The molecular formula is C48H59BF3IN2O6. The zero-order chi connectivity index (χ0) is 45.1. The molecule has 328 valence electrons. The van der Waals surface area contributed by atoms with Gasteiger partial charge in [0.1, 0.15) is 11.2 Å². The zero-order valence-corrected chi connectivity index (χ0v) is 39.4. The maximum absolute atomic E-state index is 12.8. The molecule has 1 saturated heterocycles. The first-order valence-electron chi connectivity index (χ1n) is 20.7. The summed E-state index contributed by atoms with van der Waals surface area (Å²) in [5.74, 6) is 0. The number of carbonyl (C=O) groups is 2. The highest BCUT2D eigenvalue weighted by Crippen LogP contribution is 2.38. The average Bonchev–Trinajstić information content (AvgIpc) is 3.39. The van der Waals surface area contributed by atoms with E-state index in [2.05, 4.69) is 93.6 Å². The van der Waals surface area contributed by atoms with Gasteiger partial charge in [-0.2, -0.15) is 13.2 Å². The molecule has 0 bridgehead atoms. The monoisotopic (exact) mass is 954 g/mol. The lowest BCUT2D eigenvalue weighted by Gasteiger charge is -2.32. The van der Waals surface area contributed by atoms with E-state index in [0.717, 1.165) is 51.8 Å². The number of carbonyl (C=O) groups excluding carboxylic acids is 2. The highest BCUT2D eigenvalue weighted by molar-refractivity contribution is 14.1. The van der Waals surface area contributed by atoms with E-state index in [1.165, 1.54) is 26.8 Å².